The van der Waals surface area contributed by atoms with Crippen LogP contribution in [0.15, 0.2) is 4.99 Å². The number of hydrogen-bond acceptors (Lipinski definition) is 2. The van der Waals surface area contributed by atoms with Crippen LogP contribution in [0, 0.1) is 11.8 Å². The lowest BCUT2D eigenvalue weighted by molar-refractivity contribution is 0.198. The van der Waals surface area contributed by atoms with E-state index in [-0.39, 0.29) is 18.5 Å². The standard InChI is InChI=1S/C7H17N3O/c1-5(6(2)4-11)3-10-7(8)9/h5-6,11H,3-4H2,1-2H3,(H4,8,9,10). The van der Waals surface area contributed by atoms with E-state index in [0.717, 1.165) is 0 Å². The zero-order chi connectivity index (χ0) is 8.85. The number of guanidine groups is 1. The number of aliphatic hydroxyl groups is 1. The molecule has 0 aromatic rings. The Bertz CT molecular complexity index is 132. The van der Waals surface area contributed by atoms with Gasteiger partial charge in [0.2, 0.25) is 0 Å². The smallest absolute Gasteiger partial charge is 0.185 e. The van der Waals surface area contributed by atoms with Gasteiger partial charge in [-0.3, -0.25) is 4.99 Å². The Balaban J connectivity index is 3.68. The van der Waals surface area contributed by atoms with Gasteiger partial charge < -0.3 is 16.6 Å². The van der Waals surface area contributed by atoms with Crippen molar-refractivity contribution in [3.8, 4) is 0 Å². The van der Waals surface area contributed by atoms with Crippen LogP contribution in [0.1, 0.15) is 13.8 Å². The summed E-state index contributed by atoms with van der Waals surface area (Å²) in [5, 5.41) is 8.76. The largest absolute Gasteiger partial charge is 0.396 e. The second-order valence-electron chi connectivity index (χ2n) is 2.90. The van der Waals surface area contributed by atoms with Crippen LogP contribution in [0.25, 0.3) is 0 Å². The molecule has 0 spiro atoms. The molecule has 2 atom stereocenters. The highest BCUT2D eigenvalue weighted by Gasteiger charge is 2.09. The molecule has 5 N–H and O–H groups in total. The maximum absolute atomic E-state index is 8.76. The molecule has 0 saturated heterocycles. The first-order chi connectivity index (χ1) is 5.07. The van der Waals surface area contributed by atoms with Gasteiger partial charge in [-0.2, -0.15) is 0 Å². The van der Waals surface area contributed by atoms with Gasteiger partial charge in [-0.15, -0.1) is 0 Å². The van der Waals surface area contributed by atoms with Crippen LogP contribution >= 0.6 is 0 Å². The Morgan fingerprint density at radius 1 is 1.36 bits per heavy atom. The average molecular weight is 159 g/mol. The summed E-state index contributed by atoms with van der Waals surface area (Å²) >= 11 is 0. The zero-order valence-electron chi connectivity index (χ0n) is 7.12. The third-order valence-electron chi connectivity index (χ3n) is 1.82. The summed E-state index contributed by atoms with van der Waals surface area (Å²) in [6.07, 6.45) is 0. The van der Waals surface area contributed by atoms with Crippen LogP contribution in [0.5, 0.6) is 0 Å². The van der Waals surface area contributed by atoms with Crippen molar-refractivity contribution in [1.29, 1.82) is 0 Å². The predicted molar refractivity (Wildman–Crippen MR) is 46.1 cm³/mol. The second kappa shape index (κ2) is 4.96. The summed E-state index contributed by atoms with van der Waals surface area (Å²) in [6, 6.07) is 0. The SMILES string of the molecule is CC(CO)C(C)CN=C(N)N. The first-order valence-corrected chi connectivity index (χ1v) is 3.74. The normalized spacial score (nSPS) is 15.5. The fourth-order valence-electron chi connectivity index (χ4n) is 0.609. The molecule has 0 heterocycles. The minimum Gasteiger partial charge on any atom is -0.396 e. The van der Waals surface area contributed by atoms with Gasteiger partial charge in [-0.1, -0.05) is 13.8 Å². The van der Waals surface area contributed by atoms with Crippen molar-refractivity contribution in [2.45, 2.75) is 13.8 Å². The van der Waals surface area contributed by atoms with Gasteiger partial charge in [0, 0.05) is 13.2 Å². The molecule has 0 aliphatic carbocycles. The van der Waals surface area contributed by atoms with Crippen molar-refractivity contribution < 1.29 is 5.11 Å². The highest BCUT2D eigenvalue weighted by atomic mass is 16.3. The molecule has 0 saturated carbocycles. The van der Waals surface area contributed by atoms with Gasteiger partial charge in [0.1, 0.15) is 0 Å². The minimum atomic E-state index is 0.113. The molecule has 4 heteroatoms. The van der Waals surface area contributed by atoms with Gasteiger partial charge in [-0.25, -0.2) is 0 Å². The van der Waals surface area contributed by atoms with Gasteiger partial charge in [0.25, 0.3) is 0 Å². The predicted octanol–water partition coefficient (Wildman–Crippen LogP) is -0.476. The zero-order valence-corrected chi connectivity index (χ0v) is 7.12. The molecule has 0 aliphatic rings. The van der Waals surface area contributed by atoms with Gasteiger partial charge in [0.05, 0.1) is 0 Å². The number of nitrogens with zero attached hydrogens (tertiary/aromatic N) is 1. The maximum Gasteiger partial charge on any atom is 0.185 e. The molecule has 2 unspecified atom stereocenters. The van der Waals surface area contributed by atoms with E-state index in [4.69, 9.17) is 16.6 Å². The minimum absolute atomic E-state index is 0.113. The van der Waals surface area contributed by atoms with Crippen molar-refractivity contribution in [3.63, 3.8) is 0 Å². The quantitative estimate of drug-likeness (QED) is 0.383. The van der Waals surface area contributed by atoms with Crippen molar-refractivity contribution in [2.75, 3.05) is 13.2 Å². The van der Waals surface area contributed by atoms with Crippen LogP contribution < -0.4 is 11.5 Å². The van der Waals surface area contributed by atoms with Gasteiger partial charge in [-0.05, 0) is 11.8 Å². The summed E-state index contributed by atoms with van der Waals surface area (Å²) in [7, 11) is 0. The molecule has 0 bridgehead atoms. The highest BCUT2D eigenvalue weighted by molar-refractivity contribution is 5.75. The number of aliphatic imine (C=N–C) groups is 1. The lowest BCUT2D eigenvalue weighted by Crippen LogP contribution is -2.25. The van der Waals surface area contributed by atoms with Crippen molar-refractivity contribution in [3.05, 3.63) is 0 Å². The Morgan fingerprint density at radius 3 is 2.27 bits per heavy atom. The summed E-state index contributed by atoms with van der Waals surface area (Å²) in [5.41, 5.74) is 10.3. The number of nitrogens with two attached hydrogens (primary N) is 2. The topological polar surface area (TPSA) is 84.6 Å². The molecule has 66 valence electrons. The van der Waals surface area contributed by atoms with Crippen LogP contribution in [-0.4, -0.2) is 24.2 Å². The Labute approximate surface area is 67.3 Å². The summed E-state index contributed by atoms with van der Waals surface area (Å²) in [6.45, 7) is 4.74. The number of aliphatic hydroxyl groups excluding tert-OH is 1. The van der Waals surface area contributed by atoms with E-state index < -0.39 is 0 Å². The Kier molecular flexibility index (Phi) is 4.61. The van der Waals surface area contributed by atoms with Crippen LogP contribution in [0.2, 0.25) is 0 Å². The molecule has 11 heavy (non-hydrogen) atoms. The monoisotopic (exact) mass is 159 g/mol. The van der Waals surface area contributed by atoms with E-state index in [1.54, 1.807) is 0 Å². The Hall–Kier alpha value is -0.770. The summed E-state index contributed by atoms with van der Waals surface area (Å²) in [4.78, 5) is 3.85. The van der Waals surface area contributed by atoms with Crippen molar-refractivity contribution in [1.82, 2.24) is 0 Å². The molecule has 0 aliphatic heterocycles. The summed E-state index contributed by atoms with van der Waals surface area (Å²) < 4.78 is 0. The van der Waals surface area contributed by atoms with E-state index in [1.807, 2.05) is 13.8 Å². The molecule has 0 aromatic carbocycles. The first kappa shape index (κ1) is 10.2. The van der Waals surface area contributed by atoms with Gasteiger partial charge in [0.15, 0.2) is 5.96 Å². The van der Waals surface area contributed by atoms with Crippen LogP contribution in [0.4, 0.5) is 0 Å². The lowest BCUT2D eigenvalue weighted by atomic mass is 9.97. The second-order valence-corrected chi connectivity index (χ2v) is 2.90. The summed E-state index contributed by atoms with van der Waals surface area (Å²) in [5.74, 6) is 0.683. The molecule has 0 radical (unpaired) electrons. The van der Waals surface area contributed by atoms with Crippen molar-refractivity contribution in [2.24, 2.45) is 28.3 Å². The molecule has 4 nitrogen and oxygen atoms in total. The highest BCUT2D eigenvalue weighted by Crippen LogP contribution is 2.09. The fraction of sp³-hybridized carbons (Fsp3) is 0.857. The van der Waals surface area contributed by atoms with Crippen LogP contribution in [-0.2, 0) is 0 Å². The molecule has 0 rings (SSSR count). The maximum atomic E-state index is 8.76. The third-order valence-corrected chi connectivity index (χ3v) is 1.82. The molecule has 0 aromatic heterocycles. The average Bonchev–Trinajstić information content (AvgIpc) is 1.98. The van der Waals surface area contributed by atoms with Crippen molar-refractivity contribution >= 4 is 5.96 Å². The Morgan fingerprint density at radius 2 is 1.91 bits per heavy atom. The van der Waals surface area contributed by atoms with E-state index in [0.29, 0.717) is 12.5 Å². The van der Waals surface area contributed by atoms with E-state index in [9.17, 15) is 0 Å². The fourth-order valence-corrected chi connectivity index (χ4v) is 0.609. The van der Waals surface area contributed by atoms with E-state index in [1.165, 1.54) is 0 Å². The third kappa shape index (κ3) is 4.61. The molecule has 0 fully saturated rings. The molecular weight excluding hydrogens is 142 g/mol. The van der Waals surface area contributed by atoms with Crippen LogP contribution in [0.3, 0.4) is 0 Å². The lowest BCUT2D eigenvalue weighted by Gasteiger charge is -2.14. The van der Waals surface area contributed by atoms with E-state index >= 15 is 0 Å². The van der Waals surface area contributed by atoms with Gasteiger partial charge >= 0.3 is 0 Å². The number of hydrogen-bond donors (Lipinski definition) is 3. The number of rotatable bonds is 4. The first-order valence-electron chi connectivity index (χ1n) is 3.74. The molecule has 0 amide bonds. The van der Waals surface area contributed by atoms with E-state index in [2.05, 4.69) is 4.99 Å². The molecular formula is C7H17N3O.